The third-order valence-electron chi connectivity index (χ3n) is 5.19. The number of ether oxygens (including phenoxy) is 1. The number of thiazole rings is 1. The van der Waals surface area contributed by atoms with Crippen molar-refractivity contribution in [1.29, 1.82) is 0 Å². The maximum absolute atomic E-state index is 13.4. The highest BCUT2D eigenvalue weighted by atomic mass is 35.5. The van der Waals surface area contributed by atoms with E-state index in [2.05, 4.69) is 10.3 Å². The molecule has 1 amide bonds. The second kappa shape index (κ2) is 8.70. The number of hydrogen-bond donors (Lipinski definition) is 1. The number of fused-ring (bicyclic) bond motifs is 1. The van der Waals surface area contributed by atoms with Crippen LogP contribution in [0, 0.1) is 11.7 Å². The van der Waals surface area contributed by atoms with Crippen molar-refractivity contribution in [2.24, 2.45) is 5.92 Å². The van der Waals surface area contributed by atoms with Gasteiger partial charge in [-0.15, -0.1) is 0 Å². The Morgan fingerprint density at radius 2 is 2.03 bits per heavy atom. The number of aromatic nitrogens is 1. The number of carbonyl (C=O) groups excluding carboxylic acids is 1. The number of sulfonamides is 1. The maximum atomic E-state index is 13.4. The van der Waals surface area contributed by atoms with Crippen LogP contribution in [0.3, 0.4) is 0 Å². The lowest BCUT2D eigenvalue weighted by atomic mass is 9.97. The first kappa shape index (κ1) is 21.9. The number of piperidine rings is 1. The molecule has 1 aliphatic rings. The fourth-order valence-corrected chi connectivity index (χ4v) is 6.12. The Morgan fingerprint density at radius 1 is 1.29 bits per heavy atom. The highest BCUT2D eigenvalue weighted by Crippen LogP contribution is 2.33. The summed E-state index contributed by atoms with van der Waals surface area (Å²) in [5.74, 6) is -0.575. The van der Waals surface area contributed by atoms with E-state index in [9.17, 15) is 17.6 Å². The number of anilines is 1. The van der Waals surface area contributed by atoms with Gasteiger partial charge in [0, 0.05) is 19.0 Å². The maximum Gasteiger partial charge on any atom is 0.243 e. The van der Waals surface area contributed by atoms with E-state index < -0.39 is 15.8 Å². The zero-order valence-electron chi connectivity index (χ0n) is 16.5. The Kier molecular flexibility index (Phi) is 6.16. The van der Waals surface area contributed by atoms with Gasteiger partial charge in [0.15, 0.2) is 5.13 Å². The molecule has 11 heteroatoms. The molecule has 0 spiro atoms. The normalized spacial score (nSPS) is 15.8. The van der Waals surface area contributed by atoms with Crippen LogP contribution in [-0.4, -0.2) is 43.8 Å². The predicted molar refractivity (Wildman–Crippen MR) is 118 cm³/mol. The van der Waals surface area contributed by atoms with Crippen molar-refractivity contribution in [3.05, 3.63) is 47.2 Å². The SMILES string of the molecule is COc1cccc2sc(NC(=O)C3CCN(S(=O)(=O)c4ccc(F)c(Cl)c4)CC3)nc12. The predicted octanol–water partition coefficient (Wildman–Crippen LogP) is 4.14. The fraction of sp³-hybridized carbons (Fsp3) is 0.300. The Hall–Kier alpha value is -2.27. The van der Waals surface area contributed by atoms with Crippen molar-refractivity contribution in [2.75, 3.05) is 25.5 Å². The molecule has 1 aliphatic heterocycles. The number of methoxy groups -OCH3 is 1. The number of nitrogens with zero attached hydrogens (tertiary/aromatic N) is 2. The van der Waals surface area contributed by atoms with Gasteiger partial charge in [-0.2, -0.15) is 4.31 Å². The highest BCUT2D eigenvalue weighted by Gasteiger charge is 2.32. The van der Waals surface area contributed by atoms with E-state index in [1.807, 2.05) is 12.1 Å². The lowest BCUT2D eigenvalue weighted by Crippen LogP contribution is -2.41. The summed E-state index contributed by atoms with van der Waals surface area (Å²) in [5.41, 5.74) is 0.684. The number of hydrogen-bond acceptors (Lipinski definition) is 6. The molecule has 164 valence electrons. The molecular formula is C20H19ClFN3O4S2. The standard InChI is InChI=1S/C20H19ClFN3O4S2/c1-29-16-3-2-4-17-18(16)23-20(30-17)24-19(26)12-7-9-25(10-8-12)31(27,28)13-5-6-15(22)14(21)11-13/h2-6,11-12H,7-10H2,1H3,(H,23,24,26). The van der Waals surface area contributed by atoms with Crippen LogP contribution in [0.2, 0.25) is 5.02 Å². The number of rotatable bonds is 5. The van der Waals surface area contributed by atoms with E-state index in [4.69, 9.17) is 16.3 Å². The molecule has 1 fully saturated rings. The fourth-order valence-electron chi connectivity index (χ4n) is 3.49. The van der Waals surface area contributed by atoms with Gasteiger partial charge in [-0.25, -0.2) is 17.8 Å². The Bertz CT molecular complexity index is 1240. The Labute approximate surface area is 187 Å². The van der Waals surface area contributed by atoms with Gasteiger partial charge in [-0.3, -0.25) is 4.79 Å². The van der Waals surface area contributed by atoms with Gasteiger partial charge < -0.3 is 10.1 Å². The van der Waals surface area contributed by atoms with Gasteiger partial charge >= 0.3 is 0 Å². The molecule has 0 unspecified atom stereocenters. The van der Waals surface area contributed by atoms with Crippen LogP contribution in [0.25, 0.3) is 10.2 Å². The average molecular weight is 484 g/mol. The molecule has 2 aromatic carbocycles. The molecule has 1 N–H and O–H groups in total. The first-order valence-electron chi connectivity index (χ1n) is 9.49. The zero-order valence-corrected chi connectivity index (χ0v) is 18.9. The molecular weight excluding hydrogens is 465 g/mol. The molecule has 0 aliphatic carbocycles. The summed E-state index contributed by atoms with van der Waals surface area (Å²) in [6.45, 7) is 0.367. The third-order valence-corrected chi connectivity index (χ3v) is 8.31. The topological polar surface area (TPSA) is 88.6 Å². The summed E-state index contributed by atoms with van der Waals surface area (Å²) >= 11 is 7.08. The molecule has 3 aromatic rings. The molecule has 0 saturated carbocycles. The molecule has 0 radical (unpaired) electrons. The van der Waals surface area contributed by atoms with E-state index in [1.165, 1.54) is 21.7 Å². The van der Waals surface area contributed by atoms with Crippen LogP contribution in [0.5, 0.6) is 5.75 Å². The summed E-state index contributed by atoms with van der Waals surface area (Å²) in [5, 5.41) is 3.06. The zero-order chi connectivity index (χ0) is 22.2. The number of para-hydroxylation sites is 1. The van der Waals surface area contributed by atoms with Gasteiger partial charge in [0.05, 0.1) is 21.7 Å². The molecule has 1 saturated heterocycles. The molecule has 0 atom stereocenters. The van der Waals surface area contributed by atoms with Crippen molar-refractivity contribution in [2.45, 2.75) is 17.7 Å². The summed E-state index contributed by atoms with van der Waals surface area (Å²) in [6.07, 6.45) is 0.739. The van der Waals surface area contributed by atoms with Gasteiger partial charge in [-0.05, 0) is 43.2 Å². The number of nitrogens with one attached hydrogen (secondary N) is 1. The number of amides is 1. The minimum absolute atomic E-state index is 0.0646. The second-order valence-corrected chi connectivity index (χ2v) is 10.4. The average Bonchev–Trinajstić information content (AvgIpc) is 3.18. The third kappa shape index (κ3) is 4.38. The van der Waals surface area contributed by atoms with Crippen molar-refractivity contribution < 1.29 is 22.3 Å². The van der Waals surface area contributed by atoms with E-state index in [0.717, 1.165) is 16.8 Å². The minimum atomic E-state index is -3.81. The van der Waals surface area contributed by atoms with Crippen LogP contribution in [0.15, 0.2) is 41.3 Å². The molecule has 7 nitrogen and oxygen atoms in total. The monoisotopic (exact) mass is 483 g/mol. The summed E-state index contributed by atoms with van der Waals surface area (Å²) in [7, 11) is -2.24. The molecule has 1 aromatic heterocycles. The largest absolute Gasteiger partial charge is 0.494 e. The smallest absolute Gasteiger partial charge is 0.243 e. The van der Waals surface area contributed by atoms with Gasteiger partial charge in [0.2, 0.25) is 15.9 Å². The molecule has 2 heterocycles. The number of carbonyl (C=O) groups is 1. The van der Waals surface area contributed by atoms with Crippen LogP contribution < -0.4 is 10.1 Å². The van der Waals surface area contributed by atoms with E-state index in [-0.39, 0.29) is 34.8 Å². The summed E-state index contributed by atoms with van der Waals surface area (Å²) < 4.78 is 46.5. The van der Waals surface area contributed by atoms with Gasteiger partial charge in [0.25, 0.3) is 0 Å². The van der Waals surface area contributed by atoms with Gasteiger partial charge in [-0.1, -0.05) is 29.0 Å². The van der Waals surface area contributed by atoms with Crippen molar-refractivity contribution in [3.63, 3.8) is 0 Å². The van der Waals surface area contributed by atoms with E-state index in [0.29, 0.717) is 29.2 Å². The minimum Gasteiger partial charge on any atom is -0.494 e. The lowest BCUT2D eigenvalue weighted by molar-refractivity contribution is -0.120. The Morgan fingerprint density at radius 3 is 2.71 bits per heavy atom. The van der Waals surface area contributed by atoms with Gasteiger partial charge in [0.1, 0.15) is 17.1 Å². The molecule has 0 bridgehead atoms. The first-order valence-corrected chi connectivity index (χ1v) is 12.1. The Balaban J connectivity index is 1.41. The molecule has 4 rings (SSSR count). The first-order chi connectivity index (χ1) is 14.8. The molecule has 31 heavy (non-hydrogen) atoms. The van der Waals surface area contributed by atoms with Crippen molar-refractivity contribution >= 4 is 54.2 Å². The lowest BCUT2D eigenvalue weighted by Gasteiger charge is -2.30. The van der Waals surface area contributed by atoms with E-state index >= 15 is 0 Å². The van der Waals surface area contributed by atoms with Crippen LogP contribution in [0.4, 0.5) is 9.52 Å². The van der Waals surface area contributed by atoms with Crippen LogP contribution >= 0.6 is 22.9 Å². The number of benzene rings is 2. The van der Waals surface area contributed by atoms with Crippen LogP contribution in [0.1, 0.15) is 12.8 Å². The highest BCUT2D eigenvalue weighted by molar-refractivity contribution is 7.89. The van der Waals surface area contributed by atoms with E-state index in [1.54, 1.807) is 13.2 Å². The quantitative estimate of drug-likeness (QED) is 0.589. The summed E-state index contributed by atoms with van der Waals surface area (Å²) in [6, 6.07) is 8.88. The van der Waals surface area contributed by atoms with Crippen LogP contribution in [-0.2, 0) is 14.8 Å². The number of halogens is 2. The second-order valence-electron chi connectivity index (χ2n) is 7.07. The summed E-state index contributed by atoms with van der Waals surface area (Å²) in [4.78, 5) is 17.1. The van der Waals surface area contributed by atoms with Crippen molar-refractivity contribution in [3.8, 4) is 5.75 Å². The van der Waals surface area contributed by atoms with Crippen molar-refractivity contribution in [1.82, 2.24) is 9.29 Å².